The molecule has 0 aliphatic carbocycles. The van der Waals surface area contributed by atoms with Gasteiger partial charge < -0.3 is 14.7 Å². The number of aryl methyl sites for hydroxylation is 1. The summed E-state index contributed by atoms with van der Waals surface area (Å²) < 4.78 is 4.55. The quantitative estimate of drug-likeness (QED) is 0.691. The van der Waals surface area contributed by atoms with Gasteiger partial charge in [0.1, 0.15) is 6.26 Å². The van der Waals surface area contributed by atoms with Gasteiger partial charge in [-0.1, -0.05) is 5.16 Å². The summed E-state index contributed by atoms with van der Waals surface area (Å²) in [4.78, 5) is 10.2. The molecule has 1 unspecified atom stereocenters. The molecule has 5 nitrogen and oxygen atoms in total. The first-order chi connectivity index (χ1) is 5.61. The van der Waals surface area contributed by atoms with Gasteiger partial charge >= 0.3 is 5.97 Å². The molecule has 12 heavy (non-hydrogen) atoms. The Balaban J connectivity index is 2.71. The minimum absolute atomic E-state index is 0.331. The number of hydrogen-bond acceptors (Lipinski definition) is 4. The fourth-order valence-electron chi connectivity index (χ4n) is 0.895. The number of carboxylic acid groups (broad SMARTS) is 1. The normalized spacial score (nSPS) is 12.8. The van der Waals surface area contributed by atoms with Crippen molar-refractivity contribution in [2.24, 2.45) is 0 Å². The maximum atomic E-state index is 10.2. The summed E-state index contributed by atoms with van der Waals surface area (Å²) in [7, 11) is 0. The first kappa shape index (κ1) is 8.73. The molecule has 0 aromatic carbocycles. The lowest BCUT2D eigenvalue weighted by atomic mass is 10.1. The van der Waals surface area contributed by atoms with E-state index in [0.717, 1.165) is 0 Å². The van der Waals surface area contributed by atoms with Gasteiger partial charge in [0.25, 0.3) is 0 Å². The predicted octanol–water partition coefficient (Wildman–Crippen LogP) is 0.491. The molecule has 1 aromatic heterocycles. The number of rotatable bonds is 3. The summed E-state index contributed by atoms with van der Waals surface area (Å²) in [5.74, 6) is -1.05. The van der Waals surface area contributed by atoms with Crippen LogP contribution in [0.15, 0.2) is 10.8 Å². The van der Waals surface area contributed by atoms with E-state index in [1.54, 1.807) is 6.92 Å². The Morgan fingerprint density at radius 2 is 2.50 bits per heavy atom. The molecule has 0 radical (unpaired) electrons. The molecule has 0 bridgehead atoms. The Morgan fingerprint density at radius 1 is 1.83 bits per heavy atom. The smallest absolute Gasteiger partial charge is 0.306 e. The molecule has 2 N–H and O–H groups in total. The Morgan fingerprint density at radius 3 is 2.92 bits per heavy atom. The van der Waals surface area contributed by atoms with Gasteiger partial charge in [-0.3, -0.25) is 4.79 Å². The standard InChI is InChI=1S/C7H9NO4/c1-4-5(3-12-8-4)6(9)2-7(10)11/h3,6,9H,2H2,1H3,(H,10,11). The fourth-order valence-corrected chi connectivity index (χ4v) is 0.895. The van der Waals surface area contributed by atoms with Gasteiger partial charge in [0.15, 0.2) is 0 Å². The maximum Gasteiger partial charge on any atom is 0.306 e. The Bertz CT molecular complexity index is 281. The van der Waals surface area contributed by atoms with Crippen LogP contribution in [0.5, 0.6) is 0 Å². The molecule has 1 heterocycles. The Labute approximate surface area is 68.6 Å². The lowest BCUT2D eigenvalue weighted by Crippen LogP contribution is -2.05. The van der Waals surface area contributed by atoms with Crippen molar-refractivity contribution < 1.29 is 19.5 Å². The third-order valence-corrected chi connectivity index (χ3v) is 1.51. The molecule has 0 fully saturated rings. The van der Waals surface area contributed by atoms with Gasteiger partial charge in [0.2, 0.25) is 0 Å². The number of aliphatic carboxylic acids is 1. The first-order valence-corrected chi connectivity index (χ1v) is 3.42. The van der Waals surface area contributed by atoms with Crippen LogP contribution in [-0.2, 0) is 4.79 Å². The number of carbonyl (C=O) groups is 1. The lowest BCUT2D eigenvalue weighted by Gasteiger charge is -2.03. The minimum atomic E-state index is -1.05. The highest BCUT2D eigenvalue weighted by Crippen LogP contribution is 2.18. The van der Waals surface area contributed by atoms with Crippen LogP contribution >= 0.6 is 0 Å². The van der Waals surface area contributed by atoms with Crippen molar-refractivity contribution in [1.82, 2.24) is 5.16 Å². The van der Waals surface area contributed by atoms with E-state index in [1.165, 1.54) is 6.26 Å². The summed E-state index contributed by atoms with van der Waals surface area (Å²) >= 11 is 0. The molecule has 66 valence electrons. The van der Waals surface area contributed by atoms with Crippen molar-refractivity contribution in [3.05, 3.63) is 17.5 Å². The van der Waals surface area contributed by atoms with E-state index >= 15 is 0 Å². The average molecular weight is 171 g/mol. The lowest BCUT2D eigenvalue weighted by molar-refractivity contribution is -0.139. The summed E-state index contributed by atoms with van der Waals surface area (Å²) in [6, 6.07) is 0. The average Bonchev–Trinajstić information content (AvgIpc) is 2.33. The van der Waals surface area contributed by atoms with E-state index in [1.807, 2.05) is 0 Å². The van der Waals surface area contributed by atoms with Gasteiger partial charge in [-0.2, -0.15) is 0 Å². The van der Waals surface area contributed by atoms with Crippen LogP contribution < -0.4 is 0 Å². The van der Waals surface area contributed by atoms with Crippen molar-refractivity contribution in [2.45, 2.75) is 19.4 Å². The van der Waals surface area contributed by atoms with Crippen LogP contribution in [0, 0.1) is 6.92 Å². The highest BCUT2D eigenvalue weighted by Gasteiger charge is 2.16. The molecule has 0 aliphatic rings. The zero-order valence-electron chi connectivity index (χ0n) is 6.52. The minimum Gasteiger partial charge on any atom is -0.481 e. The number of nitrogens with zero attached hydrogens (tertiary/aromatic N) is 1. The summed E-state index contributed by atoms with van der Waals surface area (Å²) in [5.41, 5.74) is 0.946. The summed E-state index contributed by atoms with van der Waals surface area (Å²) in [6.45, 7) is 1.64. The molecule has 1 rings (SSSR count). The monoisotopic (exact) mass is 171 g/mol. The zero-order valence-corrected chi connectivity index (χ0v) is 6.52. The van der Waals surface area contributed by atoms with Crippen LogP contribution in [0.2, 0.25) is 0 Å². The van der Waals surface area contributed by atoms with Crippen LogP contribution in [0.25, 0.3) is 0 Å². The van der Waals surface area contributed by atoms with Crippen LogP contribution in [-0.4, -0.2) is 21.3 Å². The molecule has 0 spiro atoms. The first-order valence-electron chi connectivity index (χ1n) is 3.42. The third kappa shape index (κ3) is 1.82. The molecule has 1 atom stereocenters. The molecular weight excluding hydrogens is 162 g/mol. The molecule has 1 aromatic rings. The van der Waals surface area contributed by atoms with E-state index in [-0.39, 0.29) is 6.42 Å². The fraction of sp³-hybridized carbons (Fsp3) is 0.429. The van der Waals surface area contributed by atoms with Gasteiger partial charge in [0, 0.05) is 5.56 Å². The van der Waals surface area contributed by atoms with Crippen molar-refractivity contribution in [2.75, 3.05) is 0 Å². The van der Waals surface area contributed by atoms with Gasteiger partial charge in [-0.25, -0.2) is 0 Å². The van der Waals surface area contributed by atoms with E-state index in [9.17, 15) is 9.90 Å². The number of aliphatic hydroxyl groups excluding tert-OH is 1. The largest absolute Gasteiger partial charge is 0.481 e. The van der Waals surface area contributed by atoms with Gasteiger partial charge in [0.05, 0.1) is 18.2 Å². The van der Waals surface area contributed by atoms with Crippen LogP contribution in [0.1, 0.15) is 23.8 Å². The molecule has 0 amide bonds. The Kier molecular flexibility index (Phi) is 2.44. The maximum absolute atomic E-state index is 10.2. The molecule has 5 heteroatoms. The van der Waals surface area contributed by atoms with Crippen molar-refractivity contribution >= 4 is 5.97 Å². The summed E-state index contributed by atoms with van der Waals surface area (Å²) in [5, 5.41) is 21.2. The highest BCUT2D eigenvalue weighted by molar-refractivity contribution is 5.67. The van der Waals surface area contributed by atoms with E-state index in [4.69, 9.17) is 5.11 Å². The number of hydrogen-bond donors (Lipinski definition) is 2. The summed E-state index contributed by atoms with van der Waals surface area (Å²) in [6.07, 6.45) is -0.112. The number of aromatic nitrogens is 1. The number of carboxylic acids is 1. The van der Waals surface area contributed by atoms with Gasteiger partial charge in [-0.15, -0.1) is 0 Å². The van der Waals surface area contributed by atoms with Crippen LogP contribution in [0.3, 0.4) is 0 Å². The topological polar surface area (TPSA) is 83.6 Å². The van der Waals surface area contributed by atoms with Crippen LogP contribution in [0.4, 0.5) is 0 Å². The van der Waals surface area contributed by atoms with Gasteiger partial charge in [-0.05, 0) is 6.92 Å². The second-order valence-electron chi connectivity index (χ2n) is 2.47. The highest BCUT2D eigenvalue weighted by atomic mass is 16.5. The zero-order chi connectivity index (χ0) is 9.14. The predicted molar refractivity (Wildman–Crippen MR) is 38.5 cm³/mol. The number of aliphatic hydroxyl groups is 1. The molecule has 0 saturated carbocycles. The van der Waals surface area contributed by atoms with Crippen molar-refractivity contribution in [3.63, 3.8) is 0 Å². The SMILES string of the molecule is Cc1nocc1C(O)CC(=O)O. The second-order valence-corrected chi connectivity index (χ2v) is 2.47. The second kappa shape index (κ2) is 3.36. The molecule has 0 saturated heterocycles. The molecular formula is C7H9NO4. The molecule has 0 aliphatic heterocycles. The van der Waals surface area contributed by atoms with Crippen molar-refractivity contribution in [1.29, 1.82) is 0 Å². The third-order valence-electron chi connectivity index (χ3n) is 1.51. The Hall–Kier alpha value is -1.36. The van der Waals surface area contributed by atoms with E-state index < -0.39 is 12.1 Å². The van der Waals surface area contributed by atoms with Crippen molar-refractivity contribution in [3.8, 4) is 0 Å². The van der Waals surface area contributed by atoms with E-state index in [0.29, 0.717) is 11.3 Å². The van der Waals surface area contributed by atoms with E-state index in [2.05, 4.69) is 9.68 Å².